The Kier molecular flexibility index (Phi) is 3.19. The highest BCUT2D eigenvalue weighted by Gasteiger charge is 2.24. The summed E-state index contributed by atoms with van der Waals surface area (Å²) < 4.78 is 15.7. The molecule has 0 bridgehead atoms. The highest BCUT2D eigenvalue weighted by atomic mass is 16.6. The first-order valence-corrected chi connectivity index (χ1v) is 6.33. The average Bonchev–Trinajstić information content (AvgIpc) is 3.29. The van der Waals surface area contributed by atoms with Crippen LogP contribution in [0.4, 0.5) is 0 Å². The molecule has 1 aromatic rings. The molecular weight excluding hydrogens is 232 g/mol. The molecule has 0 aromatic heterocycles. The van der Waals surface area contributed by atoms with Gasteiger partial charge in [0.15, 0.2) is 0 Å². The summed E-state index contributed by atoms with van der Waals surface area (Å²) in [5.74, 6) is 1.23. The SMILES string of the molecule is O=C(OCC1CO1)c1ccc(OCC2CC2)cc1. The molecule has 1 aromatic carbocycles. The summed E-state index contributed by atoms with van der Waals surface area (Å²) in [6.07, 6.45) is 2.65. The van der Waals surface area contributed by atoms with Crippen LogP contribution in [0, 0.1) is 5.92 Å². The summed E-state index contributed by atoms with van der Waals surface area (Å²) in [6, 6.07) is 7.09. The lowest BCUT2D eigenvalue weighted by Crippen LogP contribution is -2.10. The minimum absolute atomic E-state index is 0.107. The molecule has 0 spiro atoms. The minimum atomic E-state index is -0.306. The topological polar surface area (TPSA) is 48.1 Å². The van der Waals surface area contributed by atoms with Crippen molar-refractivity contribution in [3.05, 3.63) is 29.8 Å². The van der Waals surface area contributed by atoms with Crippen LogP contribution < -0.4 is 4.74 Å². The summed E-state index contributed by atoms with van der Waals surface area (Å²) in [5, 5.41) is 0. The van der Waals surface area contributed by atoms with Crippen molar-refractivity contribution >= 4 is 5.97 Å². The number of rotatable bonds is 6. The maximum atomic E-state index is 11.6. The highest BCUT2D eigenvalue weighted by Crippen LogP contribution is 2.29. The molecule has 1 saturated carbocycles. The Morgan fingerprint density at radius 1 is 1.22 bits per heavy atom. The standard InChI is InChI=1S/C14H16O4/c15-14(18-9-13-8-17-13)11-3-5-12(6-4-11)16-7-10-1-2-10/h3-6,10,13H,1-2,7-9H2. The summed E-state index contributed by atoms with van der Waals surface area (Å²) in [5.41, 5.74) is 0.550. The monoisotopic (exact) mass is 248 g/mol. The van der Waals surface area contributed by atoms with E-state index in [-0.39, 0.29) is 12.1 Å². The third-order valence-electron chi connectivity index (χ3n) is 3.08. The molecule has 1 atom stereocenters. The maximum Gasteiger partial charge on any atom is 0.338 e. The fourth-order valence-electron chi connectivity index (χ4n) is 1.60. The van der Waals surface area contributed by atoms with Crippen molar-refractivity contribution in [3.63, 3.8) is 0 Å². The second-order valence-corrected chi connectivity index (χ2v) is 4.83. The lowest BCUT2D eigenvalue weighted by molar-refractivity contribution is 0.0476. The summed E-state index contributed by atoms with van der Waals surface area (Å²) in [4.78, 5) is 11.6. The first-order valence-electron chi connectivity index (χ1n) is 6.33. The Balaban J connectivity index is 1.50. The third-order valence-corrected chi connectivity index (χ3v) is 3.08. The second kappa shape index (κ2) is 4.98. The Hall–Kier alpha value is -1.55. The fraction of sp³-hybridized carbons (Fsp3) is 0.500. The average molecular weight is 248 g/mol. The second-order valence-electron chi connectivity index (χ2n) is 4.83. The van der Waals surface area contributed by atoms with E-state index < -0.39 is 0 Å². The molecule has 96 valence electrons. The van der Waals surface area contributed by atoms with E-state index in [0.29, 0.717) is 18.8 Å². The predicted octanol–water partition coefficient (Wildman–Crippen LogP) is 2.03. The van der Waals surface area contributed by atoms with Crippen LogP contribution in [0.25, 0.3) is 0 Å². The molecule has 0 amide bonds. The number of hydrogen-bond donors (Lipinski definition) is 0. The van der Waals surface area contributed by atoms with Crippen LogP contribution >= 0.6 is 0 Å². The largest absolute Gasteiger partial charge is 0.493 e. The van der Waals surface area contributed by atoms with Crippen LogP contribution in [0.1, 0.15) is 23.2 Å². The molecule has 2 aliphatic rings. The van der Waals surface area contributed by atoms with Crippen LogP contribution in [0.5, 0.6) is 5.75 Å². The molecule has 0 radical (unpaired) electrons. The van der Waals surface area contributed by atoms with Gasteiger partial charge >= 0.3 is 5.97 Å². The van der Waals surface area contributed by atoms with Crippen molar-refractivity contribution in [2.24, 2.45) is 5.92 Å². The number of benzene rings is 1. The summed E-state index contributed by atoms with van der Waals surface area (Å²) >= 11 is 0. The molecule has 1 aliphatic heterocycles. The van der Waals surface area contributed by atoms with Gasteiger partial charge < -0.3 is 14.2 Å². The van der Waals surface area contributed by atoms with E-state index >= 15 is 0 Å². The first kappa shape index (κ1) is 11.5. The smallest absolute Gasteiger partial charge is 0.338 e. The van der Waals surface area contributed by atoms with Gasteiger partial charge in [-0.1, -0.05) is 0 Å². The number of esters is 1. The van der Waals surface area contributed by atoms with Crippen molar-refractivity contribution in [1.29, 1.82) is 0 Å². The lowest BCUT2D eigenvalue weighted by Gasteiger charge is -2.06. The number of epoxide rings is 1. The molecule has 1 aliphatic carbocycles. The third kappa shape index (κ3) is 3.23. The van der Waals surface area contributed by atoms with Crippen LogP contribution in [0.3, 0.4) is 0 Å². The molecule has 4 heteroatoms. The zero-order chi connectivity index (χ0) is 12.4. The molecule has 1 heterocycles. The predicted molar refractivity (Wildman–Crippen MR) is 64.7 cm³/mol. The van der Waals surface area contributed by atoms with Gasteiger partial charge in [0.1, 0.15) is 18.5 Å². The van der Waals surface area contributed by atoms with Gasteiger partial charge in [-0.3, -0.25) is 0 Å². The Bertz CT molecular complexity index is 418. The van der Waals surface area contributed by atoms with Gasteiger partial charge in [0.2, 0.25) is 0 Å². The highest BCUT2D eigenvalue weighted by molar-refractivity contribution is 5.89. The van der Waals surface area contributed by atoms with Gasteiger partial charge in [0.05, 0.1) is 18.8 Å². The number of ether oxygens (including phenoxy) is 3. The number of carbonyl (C=O) groups is 1. The molecule has 1 saturated heterocycles. The summed E-state index contributed by atoms with van der Waals surface area (Å²) in [6.45, 7) is 1.82. The normalized spacial score (nSPS) is 21.4. The zero-order valence-corrected chi connectivity index (χ0v) is 10.1. The van der Waals surface area contributed by atoms with Gasteiger partial charge in [-0.15, -0.1) is 0 Å². The van der Waals surface area contributed by atoms with Crippen LogP contribution in [0.2, 0.25) is 0 Å². The van der Waals surface area contributed by atoms with E-state index in [9.17, 15) is 4.79 Å². The van der Waals surface area contributed by atoms with E-state index in [4.69, 9.17) is 14.2 Å². The number of hydrogen-bond acceptors (Lipinski definition) is 4. The Morgan fingerprint density at radius 3 is 2.56 bits per heavy atom. The van der Waals surface area contributed by atoms with E-state index in [2.05, 4.69) is 0 Å². The van der Waals surface area contributed by atoms with Crippen LogP contribution in [0.15, 0.2) is 24.3 Å². The van der Waals surface area contributed by atoms with Gasteiger partial charge in [0, 0.05) is 0 Å². The zero-order valence-electron chi connectivity index (χ0n) is 10.1. The van der Waals surface area contributed by atoms with Crippen molar-refractivity contribution in [3.8, 4) is 5.75 Å². The minimum Gasteiger partial charge on any atom is -0.493 e. The molecule has 4 nitrogen and oxygen atoms in total. The van der Waals surface area contributed by atoms with Crippen molar-refractivity contribution in [1.82, 2.24) is 0 Å². The molecule has 0 N–H and O–H groups in total. The first-order chi connectivity index (χ1) is 8.81. The molecular formula is C14H16O4. The van der Waals surface area contributed by atoms with Gasteiger partial charge in [0.25, 0.3) is 0 Å². The van der Waals surface area contributed by atoms with Gasteiger partial charge in [-0.2, -0.15) is 0 Å². The van der Waals surface area contributed by atoms with Crippen molar-refractivity contribution in [2.75, 3.05) is 19.8 Å². The van der Waals surface area contributed by atoms with Crippen molar-refractivity contribution < 1.29 is 19.0 Å². The lowest BCUT2D eigenvalue weighted by atomic mass is 10.2. The van der Waals surface area contributed by atoms with Crippen LogP contribution in [-0.4, -0.2) is 31.9 Å². The van der Waals surface area contributed by atoms with Gasteiger partial charge in [-0.25, -0.2) is 4.79 Å². The summed E-state index contributed by atoms with van der Waals surface area (Å²) in [7, 11) is 0. The van der Waals surface area contributed by atoms with E-state index in [1.165, 1.54) is 12.8 Å². The quantitative estimate of drug-likeness (QED) is 0.571. The van der Waals surface area contributed by atoms with Crippen molar-refractivity contribution in [2.45, 2.75) is 18.9 Å². The van der Waals surface area contributed by atoms with E-state index in [1.54, 1.807) is 12.1 Å². The Morgan fingerprint density at radius 2 is 1.94 bits per heavy atom. The molecule has 2 fully saturated rings. The molecule has 1 unspecified atom stereocenters. The Labute approximate surface area is 106 Å². The molecule has 18 heavy (non-hydrogen) atoms. The maximum absolute atomic E-state index is 11.6. The van der Waals surface area contributed by atoms with E-state index in [1.807, 2.05) is 12.1 Å². The van der Waals surface area contributed by atoms with Crippen LogP contribution in [-0.2, 0) is 9.47 Å². The molecule has 3 rings (SSSR count). The van der Waals surface area contributed by atoms with Gasteiger partial charge in [-0.05, 0) is 43.0 Å². The number of carbonyl (C=O) groups excluding carboxylic acids is 1. The van der Waals surface area contributed by atoms with E-state index in [0.717, 1.165) is 18.3 Å². The fourth-order valence-corrected chi connectivity index (χ4v) is 1.60.